The molecule has 2 aliphatic rings. The van der Waals surface area contributed by atoms with Gasteiger partial charge in [-0.25, -0.2) is 4.79 Å². The molecule has 1 saturated heterocycles. The number of nitrogens with zero attached hydrogens (tertiary/aromatic N) is 5. The number of benzene rings is 2. The average molecular weight is 552 g/mol. The van der Waals surface area contributed by atoms with E-state index in [1.807, 2.05) is 55.2 Å². The molecule has 6 rings (SSSR count). The number of piperidine rings is 1. The molecule has 0 radical (unpaired) electrons. The van der Waals surface area contributed by atoms with E-state index in [1.54, 1.807) is 10.7 Å². The highest BCUT2D eigenvalue weighted by atomic mass is 16.4. The first kappa shape index (κ1) is 27.0. The van der Waals surface area contributed by atoms with Crippen molar-refractivity contribution in [3.63, 3.8) is 0 Å². The van der Waals surface area contributed by atoms with Gasteiger partial charge in [-0.3, -0.25) is 9.48 Å². The highest BCUT2D eigenvalue weighted by molar-refractivity contribution is 5.98. The summed E-state index contributed by atoms with van der Waals surface area (Å²) >= 11 is 0. The maximum absolute atomic E-state index is 13.8. The van der Waals surface area contributed by atoms with E-state index in [0.717, 1.165) is 78.0 Å². The van der Waals surface area contributed by atoms with E-state index in [9.17, 15) is 14.7 Å². The van der Waals surface area contributed by atoms with Crippen molar-refractivity contribution in [1.29, 1.82) is 0 Å². The fourth-order valence-corrected chi connectivity index (χ4v) is 6.65. The summed E-state index contributed by atoms with van der Waals surface area (Å²) in [5.74, 6) is -0.600. The fraction of sp³-hybridized carbons (Fsp3) is 0.394. The van der Waals surface area contributed by atoms with Crippen molar-refractivity contribution >= 4 is 11.9 Å². The Balaban J connectivity index is 1.34. The summed E-state index contributed by atoms with van der Waals surface area (Å²) in [6, 6.07) is 16.1. The normalized spacial score (nSPS) is 20.3. The predicted octanol–water partition coefficient (Wildman–Crippen LogP) is 6.35. The van der Waals surface area contributed by atoms with Gasteiger partial charge in [0.1, 0.15) is 0 Å². The molecule has 2 fully saturated rings. The Kier molecular flexibility index (Phi) is 7.24. The molecule has 0 unspecified atom stereocenters. The number of hydrogen-bond acceptors (Lipinski definition) is 4. The monoisotopic (exact) mass is 551 g/mol. The van der Waals surface area contributed by atoms with Crippen LogP contribution >= 0.6 is 0 Å². The molecule has 2 aromatic carbocycles. The maximum Gasteiger partial charge on any atom is 0.337 e. The molecule has 1 N–H and O–H groups in total. The van der Waals surface area contributed by atoms with Gasteiger partial charge in [0.25, 0.3) is 5.91 Å². The van der Waals surface area contributed by atoms with Crippen molar-refractivity contribution < 1.29 is 14.7 Å². The maximum atomic E-state index is 13.8. The topological polar surface area (TPSA) is 93.2 Å². The molecular weight excluding hydrogens is 514 g/mol. The van der Waals surface area contributed by atoms with Gasteiger partial charge in [-0.05, 0) is 80.0 Å². The fourth-order valence-electron chi connectivity index (χ4n) is 6.65. The smallest absolute Gasteiger partial charge is 0.337 e. The van der Waals surface area contributed by atoms with Crippen LogP contribution < -0.4 is 0 Å². The number of aryl methyl sites for hydroxylation is 1. The van der Waals surface area contributed by atoms with Gasteiger partial charge in [-0.15, -0.1) is 5.10 Å². The molecule has 1 aliphatic carbocycles. The number of hydrogen-bond donors (Lipinski definition) is 1. The number of carboxylic acid groups (broad SMARTS) is 1. The van der Waals surface area contributed by atoms with E-state index in [0.29, 0.717) is 11.6 Å². The zero-order valence-corrected chi connectivity index (χ0v) is 24.0. The lowest BCUT2D eigenvalue weighted by molar-refractivity contribution is 0.0599. The van der Waals surface area contributed by atoms with Gasteiger partial charge in [-0.2, -0.15) is 0 Å². The standard InChI is InChI=1S/C33H37N5O3/c1-4-9-23-11-5-6-16-38(23)32(39)26-14-8-13-25(21(26)2)22-10-7-12-24(18-22)37-17-15-27(33(40)41)31(37)29-19-28(29)30-20-36(3)35-34-30/h7-8,10,12-15,17-18,20,23,28-29H,4-6,9,11,16,19H2,1-3H3,(H,40,41)/t23-,28-,29-/m1/s1. The molecule has 41 heavy (non-hydrogen) atoms. The Bertz CT molecular complexity index is 1600. The molecule has 2 aromatic heterocycles. The second-order valence-corrected chi connectivity index (χ2v) is 11.5. The molecule has 8 heteroatoms. The second-order valence-electron chi connectivity index (χ2n) is 11.5. The lowest BCUT2D eigenvalue weighted by atomic mass is 9.93. The van der Waals surface area contributed by atoms with Gasteiger partial charge in [-0.1, -0.05) is 42.8 Å². The predicted molar refractivity (Wildman–Crippen MR) is 158 cm³/mol. The molecule has 212 valence electrons. The molecular formula is C33H37N5O3. The van der Waals surface area contributed by atoms with E-state index < -0.39 is 5.97 Å². The van der Waals surface area contributed by atoms with Gasteiger partial charge in [0.2, 0.25) is 0 Å². The molecule has 8 nitrogen and oxygen atoms in total. The third kappa shape index (κ3) is 5.07. The van der Waals surface area contributed by atoms with E-state index in [1.165, 1.54) is 6.42 Å². The average Bonchev–Trinajstić information content (AvgIpc) is 3.42. The summed E-state index contributed by atoms with van der Waals surface area (Å²) in [5.41, 5.74) is 6.63. The number of carbonyl (C=O) groups is 2. The van der Waals surface area contributed by atoms with E-state index in [-0.39, 0.29) is 17.7 Å². The summed E-state index contributed by atoms with van der Waals surface area (Å²) < 4.78 is 3.68. The first-order valence-corrected chi connectivity index (χ1v) is 14.7. The van der Waals surface area contributed by atoms with E-state index in [2.05, 4.69) is 40.3 Å². The lowest BCUT2D eigenvalue weighted by Crippen LogP contribution is -2.43. The number of amides is 1. The molecule has 0 spiro atoms. The van der Waals surface area contributed by atoms with E-state index in [4.69, 9.17) is 0 Å². The highest BCUT2D eigenvalue weighted by Crippen LogP contribution is 2.55. The van der Waals surface area contributed by atoms with Crippen LogP contribution in [0.15, 0.2) is 60.9 Å². The van der Waals surface area contributed by atoms with Gasteiger partial charge < -0.3 is 14.6 Å². The Morgan fingerprint density at radius 3 is 2.63 bits per heavy atom. The largest absolute Gasteiger partial charge is 0.478 e. The van der Waals surface area contributed by atoms with Crippen LogP contribution in [-0.2, 0) is 7.05 Å². The van der Waals surface area contributed by atoms with Crippen LogP contribution in [0.2, 0.25) is 0 Å². The highest BCUT2D eigenvalue weighted by Gasteiger charge is 2.45. The van der Waals surface area contributed by atoms with Gasteiger partial charge in [0, 0.05) is 60.8 Å². The van der Waals surface area contributed by atoms with Gasteiger partial charge in [0.15, 0.2) is 0 Å². The number of rotatable bonds is 8. The molecule has 4 aromatic rings. The summed E-state index contributed by atoms with van der Waals surface area (Å²) in [6.45, 7) is 5.04. The molecule has 1 aliphatic heterocycles. The zero-order valence-electron chi connectivity index (χ0n) is 24.0. The lowest BCUT2D eigenvalue weighted by Gasteiger charge is -2.36. The van der Waals surface area contributed by atoms with Crippen molar-refractivity contribution in [1.82, 2.24) is 24.5 Å². The van der Waals surface area contributed by atoms with Crippen molar-refractivity contribution in [2.24, 2.45) is 7.05 Å². The Hall–Kier alpha value is -4.20. The van der Waals surface area contributed by atoms with Crippen molar-refractivity contribution in [3.8, 4) is 16.8 Å². The first-order chi connectivity index (χ1) is 19.9. The zero-order chi connectivity index (χ0) is 28.7. The Morgan fingerprint density at radius 1 is 1.05 bits per heavy atom. The Labute approximate surface area is 240 Å². The van der Waals surface area contributed by atoms with Gasteiger partial charge >= 0.3 is 5.97 Å². The third-order valence-corrected chi connectivity index (χ3v) is 8.81. The van der Waals surface area contributed by atoms with Crippen LogP contribution in [0.1, 0.15) is 95.0 Å². The van der Waals surface area contributed by atoms with Crippen molar-refractivity contribution in [2.75, 3.05) is 6.54 Å². The summed E-state index contributed by atoms with van der Waals surface area (Å²) in [6.07, 6.45) is 10.0. The molecule has 3 heterocycles. The van der Waals surface area contributed by atoms with Crippen LogP contribution in [0, 0.1) is 6.92 Å². The first-order valence-electron chi connectivity index (χ1n) is 14.7. The number of aromatic nitrogens is 4. The number of carbonyl (C=O) groups excluding carboxylic acids is 1. The molecule has 3 atom stereocenters. The number of likely N-dealkylation sites (tertiary alicyclic amines) is 1. The minimum atomic E-state index is -0.930. The van der Waals surface area contributed by atoms with Gasteiger partial charge in [0.05, 0.1) is 11.3 Å². The molecule has 1 amide bonds. The van der Waals surface area contributed by atoms with E-state index >= 15 is 0 Å². The Morgan fingerprint density at radius 2 is 1.88 bits per heavy atom. The minimum absolute atomic E-state index is 0.0553. The van der Waals surface area contributed by atoms with Crippen LogP contribution in [0.3, 0.4) is 0 Å². The van der Waals surface area contributed by atoms with Crippen LogP contribution in [0.4, 0.5) is 0 Å². The second kappa shape index (κ2) is 11.0. The van der Waals surface area contributed by atoms with Crippen LogP contribution in [0.25, 0.3) is 16.8 Å². The minimum Gasteiger partial charge on any atom is -0.478 e. The quantitative estimate of drug-likeness (QED) is 0.276. The summed E-state index contributed by atoms with van der Waals surface area (Å²) in [5, 5.41) is 18.3. The molecule has 1 saturated carbocycles. The van der Waals surface area contributed by atoms with Crippen molar-refractivity contribution in [2.45, 2.75) is 70.3 Å². The summed E-state index contributed by atoms with van der Waals surface area (Å²) in [7, 11) is 1.84. The number of aromatic carboxylic acids is 1. The van der Waals surface area contributed by atoms with Crippen LogP contribution in [-0.4, -0.2) is 54.0 Å². The summed E-state index contributed by atoms with van der Waals surface area (Å²) in [4.78, 5) is 28.1. The SMILES string of the molecule is CCC[C@@H]1CCCCN1C(=O)c1cccc(-c2cccc(-n3ccc(C(=O)O)c3[C@@H]3C[C@H]3c3cn(C)nn3)c2)c1C. The van der Waals surface area contributed by atoms with Crippen molar-refractivity contribution in [3.05, 3.63) is 89.0 Å². The van der Waals surface area contributed by atoms with Crippen LogP contribution in [0.5, 0.6) is 0 Å². The third-order valence-electron chi connectivity index (χ3n) is 8.81. The molecule has 0 bridgehead atoms. The number of carboxylic acids is 1.